The Morgan fingerprint density at radius 2 is 1.68 bits per heavy atom. The van der Waals surface area contributed by atoms with Crippen molar-refractivity contribution < 1.29 is 19.4 Å². The van der Waals surface area contributed by atoms with E-state index in [1.165, 1.54) is 6.42 Å². The van der Waals surface area contributed by atoms with Crippen molar-refractivity contribution in [1.82, 2.24) is 5.06 Å². The molecule has 1 atom stereocenters. The van der Waals surface area contributed by atoms with E-state index >= 15 is 0 Å². The van der Waals surface area contributed by atoms with E-state index in [-0.39, 0.29) is 23.5 Å². The Bertz CT molecular complexity index is 322. The first-order chi connectivity index (χ1) is 10.3. The van der Waals surface area contributed by atoms with E-state index in [4.69, 9.17) is 19.4 Å². The third kappa shape index (κ3) is 4.90. The maximum atomic E-state index is 8.27. The normalized spacial score (nSPS) is 29.6. The van der Waals surface area contributed by atoms with Gasteiger partial charge in [-0.1, -0.05) is 5.06 Å². The van der Waals surface area contributed by atoms with E-state index in [2.05, 4.69) is 27.7 Å². The first-order valence-electron chi connectivity index (χ1n) is 8.68. The maximum Gasteiger partial charge on any atom is 0.157 e. The van der Waals surface area contributed by atoms with E-state index < -0.39 is 0 Å². The van der Waals surface area contributed by atoms with Crippen LogP contribution in [-0.4, -0.2) is 53.6 Å². The number of ether oxygens (including phenoxy) is 3. The van der Waals surface area contributed by atoms with Gasteiger partial charge in [0.1, 0.15) is 0 Å². The molecule has 0 spiro atoms. The van der Waals surface area contributed by atoms with Gasteiger partial charge in [-0.2, -0.15) is 0 Å². The molecule has 2 aliphatic rings. The summed E-state index contributed by atoms with van der Waals surface area (Å²) in [4.78, 5) is 0. The zero-order valence-corrected chi connectivity index (χ0v) is 14.7. The quantitative estimate of drug-likeness (QED) is 0.558. The van der Waals surface area contributed by atoms with Gasteiger partial charge in [0.2, 0.25) is 0 Å². The number of hydroxylamine groups is 2. The van der Waals surface area contributed by atoms with Gasteiger partial charge in [-0.25, -0.2) is 0 Å². The van der Waals surface area contributed by atoms with Crippen molar-refractivity contribution in [1.29, 1.82) is 0 Å². The highest BCUT2D eigenvalue weighted by molar-refractivity contribution is 4.96. The van der Waals surface area contributed by atoms with Crippen molar-refractivity contribution in [3.63, 3.8) is 0 Å². The van der Waals surface area contributed by atoms with Gasteiger partial charge < -0.3 is 19.4 Å². The molecule has 5 heteroatoms. The minimum atomic E-state index is -0.140. The Morgan fingerprint density at radius 1 is 1.05 bits per heavy atom. The van der Waals surface area contributed by atoms with Crippen LogP contribution in [0.1, 0.15) is 66.2 Å². The van der Waals surface area contributed by atoms with E-state index in [9.17, 15) is 0 Å². The van der Waals surface area contributed by atoms with Crippen LogP contribution in [0.25, 0.3) is 0 Å². The lowest BCUT2D eigenvalue weighted by atomic mass is 9.80. The third-order valence-corrected chi connectivity index (χ3v) is 4.75. The van der Waals surface area contributed by atoms with E-state index in [1.807, 2.05) is 0 Å². The topological polar surface area (TPSA) is 53.8 Å². The van der Waals surface area contributed by atoms with Crippen LogP contribution in [0.2, 0.25) is 0 Å². The van der Waals surface area contributed by atoms with Crippen LogP contribution in [0, 0.1) is 0 Å². The predicted octanol–water partition coefficient (Wildman–Crippen LogP) is 2.60. The number of hydrogen-bond donors (Lipinski definition) is 0. The summed E-state index contributed by atoms with van der Waals surface area (Å²) in [6.45, 7) is 10.8. The summed E-state index contributed by atoms with van der Waals surface area (Å²) < 4.78 is 17.3. The average molecular weight is 316 g/mol. The summed E-state index contributed by atoms with van der Waals surface area (Å²) in [5, 5.41) is 10.0. The van der Waals surface area contributed by atoms with Gasteiger partial charge >= 0.3 is 0 Å². The van der Waals surface area contributed by atoms with Crippen molar-refractivity contribution in [2.45, 2.75) is 89.7 Å². The molecule has 5 nitrogen and oxygen atoms in total. The second-order valence-electron chi connectivity index (χ2n) is 7.88. The molecule has 2 N–H and O–H groups in total. The Kier molecular flexibility index (Phi) is 6.25. The Labute approximate surface area is 134 Å². The molecule has 0 bridgehead atoms. The van der Waals surface area contributed by atoms with Crippen LogP contribution in [0.4, 0.5) is 0 Å². The van der Waals surface area contributed by atoms with Gasteiger partial charge in [0.15, 0.2) is 6.29 Å². The Balaban J connectivity index is 1.64. The first kappa shape index (κ1) is 18.1. The fourth-order valence-corrected chi connectivity index (χ4v) is 3.67. The highest BCUT2D eigenvalue weighted by atomic mass is 16.7. The molecule has 0 amide bonds. The molecule has 2 fully saturated rings. The molecule has 0 radical (unpaired) electrons. The molecule has 0 aromatic heterocycles. The van der Waals surface area contributed by atoms with Gasteiger partial charge in [0.05, 0.1) is 23.8 Å². The second-order valence-corrected chi connectivity index (χ2v) is 7.88. The second kappa shape index (κ2) is 7.58. The molecular weight excluding hydrogens is 282 g/mol. The summed E-state index contributed by atoms with van der Waals surface area (Å²) in [5.41, 5.74) is -0.280. The summed E-state index contributed by atoms with van der Waals surface area (Å²) in [7, 11) is 0. The van der Waals surface area contributed by atoms with Crippen molar-refractivity contribution in [2.75, 3.05) is 19.8 Å². The number of nitrogens with zero attached hydrogens (tertiary/aromatic N) is 1. The zero-order chi connectivity index (χ0) is 16.2. The van der Waals surface area contributed by atoms with Gasteiger partial charge in [-0.05, 0) is 66.2 Å². The van der Waals surface area contributed by atoms with Crippen molar-refractivity contribution in [3.8, 4) is 0 Å². The van der Waals surface area contributed by atoms with Gasteiger partial charge in [0.25, 0.3) is 0 Å². The molecule has 1 unspecified atom stereocenters. The van der Waals surface area contributed by atoms with Gasteiger partial charge in [0, 0.05) is 13.2 Å². The first-order valence-corrected chi connectivity index (χ1v) is 8.68. The number of piperidine rings is 1. The molecule has 0 aromatic rings. The molecule has 0 saturated carbocycles. The predicted molar refractivity (Wildman–Crippen MR) is 86.7 cm³/mol. The molecule has 2 rings (SSSR count). The largest absolute Gasteiger partial charge is 0.378 e. The highest BCUT2D eigenvalue weighted by Gasteiger charge is 2.48. The Hall–Kier alpha value is -0.200. The number of rotatable bonds is 6. The molecular formula is C17H34NO4+. The molecule has 2 aliphatic heterocycles. The molecule has 130 valence electrons. The lowest BCUT2D eigenvalue weighted by molar-refractivity contribution is -0.261. The smallest absolute Gasteiger partial charge is 0.157 e. The maximum absolute atomic E-state index is 8.27. The monoisotopic (exact) mass is 316 g/mol. The van der Waals surface area contributed by atoms with E-state index in [0.717, 1.165) is 45.3 Å². The fourth-order valence-electron chi connectivity index (χ4n) is 3.67. The molecule has 0 aromatic carbocycles. The van der Waals surface area contributed by atoms with Crippen LogP contribution in [0.3, 0.4) is 0 Å². The van der Waals surface area contributed by atoms with E-state index in [0.29, 0.717) is 6.61 Å². The molecule has 2 heterocycles. The summed E-state index contributed by atoms with van der Waals surface area (Å²) in [6, 6.07) is 0. The van der Waals surface area contributed by atoms with Crippen LogP contribution < -0.4 is 0 Å². The van der Waals surface area contributed by atoms with Crippen molar-refractivity contribution in [2.24, 2.45) is 0 Å². The SMILES string of the molecule is CC1(C)CC(OCCCOC2CCCCO2)CC(C)(C)N1[OH2+]. The van der Waals surface area contributed by atoms with Crippen molar-refractivity contribution in [3.05, 3.63) is 0 Å². The minimum absolute atomic E-state index is 0.00169. The number of hydrogen-bond acceptors (Lipinski definition) is 4. The average Bonchev–Trinajstić information content (AvgIpc) is 2.45. The third-order valence-electron chi connectivity index (χ3n) is 4.75. The molecule has 2 saturated heterocycles. The van der Waals surface area contributed by atoms with Gasteiger partial charge in [-0.15, -0.1) is 0 Å². The highest BCUT2D eigenvalue weighted by Crippen LogP contribution is 2.37. The van der Waals surface area contributed by atoms with Crippen LogP contribution in [0.5, 0.6) is 0 Å². The summed E-state index contributed by atoms with van der Waals surface area (Å²) in [6.07, 6.45) is 6.34. The van der Waals surface area contributed by atoms with Crippen LogP contribution in [-0.2, 0) is 14.2 Å². The van der Waals surface area contributed by atoms with Crippen molar-refractivity contribution >= 4 is 0 Å². The minimum Gasteiger partial charge on any atom is -0.378 e. The lowest BCUT2D eigenvalue weighted by Crippen LogP contribution is -2.60. The standard InChI is InChI=1S/C17H33NO4/c1-16(2)12-14(13-17(3,4)18(16)19)20-10-7-11-22-15-8-5-6-9-21-15/h14-15,19H,5-13H2,1-4H3/p+1. The van der Waals surface area contributed by atoms with Crippen LogP contribution >= 0.6 is 0 Å². The molecule has 22 heavy (non-hydrogen) atoms. The van der Waals surface area contributed by atoms with E-state index in [1.54, 1.807) is 5.06 Å². The van der Waals surface area contributed by atoms with Crippen LogP contribution in [0.15, 0.2) is 0 Å². The van der Waals surface area contributed by atoms with Gasteiger partial charge in [-0.3, -0.25) is 0 Å². The zero-order valence-electron chi connectivity index (χ0n) is 14.7. The fraction of sp³-hybridized carbons (Fsp3) is 1.00. The molecule has 0 aliphatic carbocycles. The Morgan fingerprint density at radius 3 is 2.27 bits per heavy atom. The lowest BCUT2D eigenvalue weighted by Gasteiger charge is -2.47. The summed E-state index contributed by atoms with van der Waals surface area (Å²) >= 11 is 0. The summed E-state index contributed by atoms with van der Waals surface area (Å²) in [5.74, 6) is 0.